The van der Waals surface area contributed by atoms with E-state index in [9.17, 15) is 9.59 Å². The molecule has 0 spiro atoms. The van der Waals surface area contributed by atoms with Crippen LogP contribution in [0.25, 0.3) is 0 Å². The quantitative estimate of drug-likeness (QED) is 0.816. The lowest BCUT2D eigenvalue weighted by Crippen LogP contribution is -2.50. The Bertz CT molecular complexity index is 354. The highest BCUT2D eigenvalue weighted by Crippen LogP contribution is 2.28. The van der Waals surface area contributed by atoms with E-state index in [4.69, 9.17) is 5.11 Å². The lowest BCUT2D eigenvalue weighted by atomic mass is 9.80. The van der Waals surface area contributed by atoms with Gasteiger partial charge in [0.2, 0.25) is 0 Å². The molecule has 0 bridgehead atoms. The van der Waals surface area contributed by atoms with E-state index in [0.717, 1.165) is 12.8 Å². The zero-order valence-corrected chi connectivity index (χ0v) is 12.5. The van der Waals surface area contributed by atoms with Crippen molar-refractivity contribution in [1.29, 1.82) is 0 Å². The van der Waals surface area contributed by atoms with Crippen LogP contribution in [-0.4, -0.2) is 41.1 Å². The van der Waals surface area contributed by atoms with Crippen molar-refractivity contribution in [3.63, 3.8) is 0 Å². The number of piperidine rings is 1. The molecule has 0 radical (unpaired) electrons. The van der Waals surface area contributed by atoms with Crippen LogP contribution >= 0.6 is 0 Å². The second kappa shape index (κ2) is 6.46. The molecule has 0 aromatic rings. The van der Waals surface area contributed by atoms with Gasteiger partial charge < -0.3 is 15.3 Å². The lowest BCUT2D eigenvalue weighted by Gasteiger charge is -2.35. The molecule has 5 nitrogen and oxygen atoms in total. The third-order valence-electron chi connectivity index (χ3n) is 4.64. The Kier molecular flexibility index (Phi) is 4.89. The number of nitrogens with zero attached hydrogens (tertiary/aromatic N) is 1. The van der Waals surface area contributed by atoms with Gasteiger partial charge in [0.25, 0.3) is 0 Å². The minimum Gasteiger partial charge on any atom is -0.481 e. The summed E-state index contributed by atoms with van der Waals surface area (Å²) in [5, 5.41) is 12.1. The molecule has 20 heavy (non-hydrogen) atoms. The van der Waals surface area contributed by atoms with Gasteiger partial charge in [0.1, 0.15) is 0 Å². The molecule has 2 rings (SSSR count). The van der Waals surface area contributed by atoms with Crippen LogP contribution in [-0.2, 0) is 4.79 Å². The lowest BCUT2D eigenvalue weighted by molar-refractivity contribution is -0.143. The van der Waals surface area contributed by atoms with Crippen LogP contribution in [0.4, 0.5) is 4.79 Å². The van der Waals surface area contributed by atoms with E-state index < -0.39 is 5.97 Å². The first kappa shape index (κ1) is 15.1. The van der Waals surface area contributed by atoms with Gasteiger partial charge in [-0.25, -0.2) is 4.79 Å². The van der Waals surface area contributed by atoms with Crippen LogP contribution in [0.1, 0.15) is 46.0 Å². The summed E-state index contributed by atoms with van der Waals surface area (Å²) in [5.74, 6) is 0.317. The zero-order valence-electron chi connectivity index (χ0n) is 12.5. The number of rotatable bonds is 2. The van der Waals surface area contributed by atoms with Gasteiger partial charge in [-0.1, -0.05) is 13.8 Å². The average molecular weight is 282 g/mol. The average Bonchev–Trinajstić information content (AvgIpc) is 2.37. The Morgan fingerprint density at radius 2 is 1.60 bits per heavy atom. The first-order valence-electron chi connectivity index (χ1n) is 7.74. The van der Waals surface area contributed by atoms with Crippen LogP contribution in [0.15, 0.2) is 0 Å². The molecule has 1 saturated carbocycles. The molecule has 1 aliphatic carbocycles. The SMILES string of the molecule is CC1CC(C)CC(NC(=O)N2CCC(C(=O)O)CC2)C1. The molecule has 2 unspecified atom stereocenters. The molecule has 0 aromatic heterocycles. The maximum Gasteiger partial charge on any atom is 0.317 e. The molecule has 1 heterocycles. The summed E-state index contributed by atoms with van der Waals surface area (Å²) in [6.07, 6.45) is 4.50. The third-order valence-corrected chi connectivity index (χ3v) is 4.64. The van der Waals surface area contributed by atoms with E-state index in [1.165, 1.54) is 6.42 Å². The molecule has 1 saturated heterocycles. The van der Waals surface area contributed by atoms with Crippen molar-refractivity contribution < 1.29 is 14.7 Å². The smallest absolute Gasteiger partial charge is 0.317 e. The third kappa shape index (κ3) is 3.87. The molecule has 0 aromatic carbocycles. The summed E-state index contributed by atoms with van der Waals surface area (Å²) in [5.41, 5.74) is 0. The Hall–Kier alpha value is -1.26. The van der Waals surface area contributed by atoms with Crippen molar-refractivity contribution in [2.45, 2.75) is 52.0 Å². The van der Waals surface area contributed by atoms with E-state index >= 15 is 0 Å². The van der Waals surface area contributed by atoms with Crippen molar-refractivity contribution >= 4 is 12.0 Å². The molecule has 1 aliphatic heterocycles. The zero-order chi connectivity index (χ0) is 14.7. The summed E-state index contributed by atoms with van der Waals surface area (Å²) in [6, 6.07) is 0.263. The van der Waals surface area contributed by atoms with Crippen molar-refractivity contribution in [3.05, 3.63) is 0 Å². The predicted octanol–water partition coefficient (Wildman–Crippen LogP) is 2.32. The number of carboxylic acid groups (broad SMARTS) is 1. The largest absolute Gasteiger partial charge is 0.481 e. The van der Waals surface area contributed by atoms with Gasteiger partial charge in [-0.05, 0) is 43.9 Å². The van der Waals surface area contributed by atoms with Crippen LogP contribution in [0.2, 0.25) is 0 Å². The van der Waals surface area contributed by atoms with E-state index in [-0.39, 0.29) is 18.0 Å². The Morgan fingerprint density at radius 3 is 2.10 bits per heavy atom. The molecule has 2 amide bonds. The highest BCUT2D eigenvalue weighted by molar-refractivity contribution is 5.75. The number of amides is 2. The normalized spacial score (nSPS) is 31.9. The van der Waals surface area contributed by atoms with Crippen LogP contribution in [0.3, 0.4) is 0 Å². The number of likely N-dealkylation sites (tertiary alicyclic amines) is 1. The highest BCUT2D eigenvalue weighted by Gasteiger charge is 2.30. The van der Waals surface area contributed by atoms with Gasteiger partial charge in [0.05, 0.1) is 5.92 Å². The van der Waals surface area contributed by atoms with Gasteiger partial charge in [0, 0.05) is 19.1 Å². The van der Waals surface area contributed by atoms with Gasteiger partial charge in [-0.3, -0.25) is 4.79 Å². The molecular weight excluding hydrogens is 256 g/mol. The second-order valence-corrected chi connectivity index (χ2v) is 6.66. The van der Waals surface area contributed by atoms with Crippen LogP contribution in [0.5, 0.6) is 0 Å². The number of carboxylic acids is 1. The maximum absolute atomic E-state index is 12.2. The topological polar surface area (TPSA) is 69.6 Å². The number of carbonyl (C=O) groups is 2. The summed E-state index contributed by atoms with van der Waals surface area (Å²) in [6.45, 7) is 5.60. The highest BCUT2D eigenvalue weighted by atomic mass is 16.4. The van der Waals surface area contributed by atoms with Gasteiger partial charge in [-0.2, -0.15) is 0 Å². The Balaban J connectivity index is 1.79. The number of carbonyl (C=O) groups excluding carboxylic acids is 1. The van der Waals surface area contributed by atoms with Gasteiger partial charge >= 0.3 is 12.0 Å². The van der Waals surface area contributed by atoms with Crippen molar-refractivity contribution in [2.24, 2.45) is 17.8 Å². The monoisotopic (exact) mass is 282 g/mol. The van der Waals surface area contributed by atoms with Crippen LogP contribution < -0.4 is 5.32 Å². The van der Waals surface area contributed by atoms with E-state index in [1.54, 1.807) is 4.90 Å². The fourth-order valence-corrected chi connectivity index (χ4v) is 3.66. The number of hydrogen-bond donors (Lipinski definition) is 2. The standard InChI is InChI=1S/C15H26N2O3/c1-10-7-11(2)9-13(8-10)16-15(20)17-5-3-12(4-6-17)14(18)19/h10-13H,3-9H2,1-2H3,(H,16,20)(H,18,19). The molecule has 2 N–H and O–H groups in total. The van der Waals surface area contributed by atoms with Gasteiger partial charge in [0.15, 0.2) is 0 Å². The molecule has 114 valence electrons. The fourth-order valence-electron chi connectivity index (χ4n) is 3.66. The molecule has 2 fully saturated rings. The Labute approximate surface area is 120 Å². The number of hydrogen-bond acceptors (Lipinski definition) is 2. The summed E-state index contributed by atoms with van der Waals surface area (Å²) in [7, 11) is 0. The maximum atomic E-state index is 12.2. The summed E-state index contributed by atoms with van der Waals surface area (Å²) >= 11 is 0. The number of urea groups is 1. The molecule has 2 aliphatic rings. The van der Waals surface area contributed by atoms with Crippen molar-refractivity contribution in [3.8, 4) is 0 Å². The first-order valence-corrected chi connectivity index (χ1v) is 7.74. The molecule has 5 heteroatoms. The van der Waals surface area contributed by atoms with Crippen LogP contribution in [0, 0.1) is 17.8 Å². The fraction of sp³-hybridized carbons (Fsp3) is 0.867. The van der Waals surface area contributed by atoms with E-state index in [0.29, 0.717) is 37.8 Å². The van der Waals surface area contributed by atoms with Gasteiger partial charge in [-0.15, -0.1) is 0 Å². The van der Waals surface area contributed by atoms with E-state index in [1.807, 2.05) is 0 Å². The first-order chi connectivity index (χ1) is 9.45. The number of aliphatic carboxylic acids is 1. The minimum absolute atomic E-state index is 0.0138. The number of nitrogens with one attached hydrogen (secondary N) is 1. The predicted molar refractivity (Wildman–Crippen MR) is 76.4 cm³/mol. The van der Waals surface area contributed by atoms with Crippen molar-refractivity contribution in [1.82, 2.24) is 10.2 Å². The van der Waals surface area contributed by atoms with E-state index in [2.05, 4.69) is 19.2 Å². The second-order valence-electron chi connectivity index (χ2n) is 6.66. The summed E-state index contributed by atoms with van der Waals surface area (Å²) < 4.78 is 0. The molecular formula is C15H26N2O3. The summed E-state index contributed by atoms with van der Waals surface area (Å²) in [4.78, 5) is 24.9. The van der Waals surface area contributed by atoms with Crippen molar-refractivity contribution in [2.75, 3.05) is 13.1 Å². The molecule has 2 atom stereocenters. The minimum atomic E-state index is -0.736. The Morgan fingerprint density at radius 1 is 1.05 bits per heavy atom.